The molecule has 1 saturated carbocycles. The first-order chi connectivity index (χ1) is 12.8. The molecule has 27 heavy (non-hydrogen) atoms. The van der Waals surface area contributed by atoms with Crippen LogP contribution in [0.4, 0.5) is 0 Å². The zero-order valence-electron chi connectivity index (χ0n) is 16.4. The monoisotopic (exact) mass is 374 g/mol. The van der Waals surface area contributed by atoms with E-state index in [-0.39, 0.29) is 35.9 Å². The molecule has 2 amide bonds. The predicted octanol–water partition coefficient (Wildman–Crippen LogP) is 0.194. The van der Waals surface area contributed by atoms with E-state index in [1.165, 1.54) is 25.5 Å². The Labute approximate surface area is 160 Å². The molecule has 0 spiro atoms. The molecule has 2 aliphatic rings. The second kappa shape index (κ2) is 7.96. The van der Waals surface area contributed by atoms with Crippen LogP contribution in [-0.4, -0.2) is 81.1 Å². The van der Waals surface area contributed by atoms with Crippen molar-refractivity contribution in [3.63, 3.8) is 0 Å². The molecule has 2 fully saturated rings. The molecule has 2 atom stereocenters. The smallest absolute Gasteiger partial charge is 0.251 e. The van der Waals surface area contributed by atoms with E-state index in [0.717, 1.165) is 6.54 Å². The van der Waals surface area contributed by atoms with Crippen LogP contribution in [0.25, 0.3) is 0 Å². The van der Waals surface area contributed by atoms with Crippen LogP contribution in [0, 0.1) is 0 Å². The quantitative estimate of drug-likeness (QED) is 0.712. The van der Waals surface area contributed by atoms with Crippen LogP contribution in [0.1, 0.15) is 28.8 Å². The van der Waals surface area contributed by atoms with Crippen LogP contribution in [-0.2, 0) is 14.9 Å². The maximum absolute atomic E-state index is 12.6. The third kappa shape index (κ3) is 4.48. The fourth-order valence-corrected chi connectivity index (χ4v) is 3.92. The summed E-state index contributed by atoms with van der Waals surface area (Å²) in [5.74, 6) is -0.259. The van der Waals surface area contributed by atoms with Crippen LogP contribution in [0.15, 0.2) is 24.3 Å². The Kier molecular flexibility index (Phi) is 5.83. The van der Waals surface area contributed by atoms with Gasteiger partial charge in [-0.2, -0.15) is 0 Å². The standard InChI is InChI=1S/C20H30N4O3/c1-23(2)13-20(8-9-20)15-6-4-14(5-7-15)19(26)22-17-11-24(10-16(17)21)18(25)12-27-3/h4-7,16-17H,8-13,21H2,1-3H3,(H,22,26). The third-order valence-electron chi connectivity index (χ3n) is 5.53. The van der Waals surface area contributed by atoms with Crippen molar-refractivity contribution in [1.82, 2.24) is 15.1 Å². The van der Waals surface area contributed by atoms with Gasteiger partial charge < -0.3 is 25.6 Å². The maximum Gasteiger partial charge on any atom is 0.251 e. The maximum atomic E-state index is 12.6. The minimum Gasteiger partial charge on any atom is -0.375 e. The second-order valence-electron chi connectivity index (χ2n) is 8.07. The third-order valence-corrected chi connectivity index (χ3v) is 5.53. The van der Waals surface area contributed by atoms with E-state index in [9.17, 15) is 9.59 Å². The van der Waals surface area contributed by atoms with Crippen molar-refractivity contribution in [2.75, 3.05) is 47.4 Å². The first kappa shape index (κ1) is 19.8. The summed E-state index contributed by atoms with van der Waals surface area (Å²) in [7, 11) is 5.67. The molecule has 1 aliphatic carbocycles. The topological polar surface area (TPSA) is 87.9 Å². The largest absolute Gasteiger partial charge is 0.375 e. The number of hydrogen-bond donors (Lipinski definition) is 2. The van der Waals surface area contributed by atoms with E-state index in [0.29, 0.717) is 18.7 Å². The van der Waals surface area contributed by atoms with Crippen LogP contribution in [0.5, 0.6) is 0 Å². The van der Waals surface area contributed by atoms with Crippen molar-refractivity contribution in [1.29, 1.82) is 0 Å². The summed E-state index contributed by atoms with van der Waals surface area (Å²) in [5.41, 5.74) is 8.27. The number of nitrogens with zero attached hydrogens (tertiary/aromatic N) is 2. The zero-order chi connectivity index (χ0) is 19.6. The minimum atomic E-state index is -0.274. The molecule has 7 heteroatoms. The van der Waals surface area contributed by atoms with E-state index < -0.39 is 0 Å². The van der Waals surface area contributed by atoms with Gasteiger partial charge in [0.05, 0.1) is 6.04 Å². The molecule has 1 heterocycles. The lowest BCUT2D eigenvalue weighted by molar-refractivity contribution is -0.134. The van der Waals surface area contributed by atoms with Gasteiger partial charge in [0.2, 0.25) is 5.91 Å². The Morgan fingerprint density at radius 1 is 1.26 bits per heavy atom. The van der Waals surface area contributed by atoms with E-state index >= 15 is 0 Å². The Morgan fingerprint density at radius 3 is 2.48 bits per heavy atom. The molecule has 7 nitrogen and oxygen atoms in total. The Morgan fingerprint density at radius 2 is 1.93 bits per heavy atom. The highest BCUT2D eigenvalue weighted by molar-refractivity contribution is 5.94. The summed E-state index contributed by atoms with van der Waals surface area (Å²) in [6.07, 6.45) is 2.39. The lowest BCUT2D eigenvalue weighted by atomic mass is 9.94. The number of likely N-dealkylation sites (N-methyl/N-ethyl adjacent to an activating group) is 1. The summed E-state index contributed by atoms with van der Waals surface area (Å²) < 4.78 is 4.88. The van der Waals surface area contributed by atoms with Gasteiger partial charge in [-0.3, -0.25) is 9.59 Å². The summed E-state index contributed by atoms with van der Waals surface area (Å²) in [6, 6.07) is 7.37. The van der Waals surface area contributed by atoms with Gasteiger partial charge in [-0.25, -0.2) is 0 Å². The summed E-state index contributed by atoms with van der Waals surface area (Å²) in [6.45, 7) is 1.91. The second-order valence-corrected chi connectivity index (χ2v) is 8.07. The van der Waals surface area contributed by atoms with Crippen LogP contribution in [0.3, 0.4) is 0 Å². The van der Waals surface area contributed by atoms with Gasteiger partial charge in [0.1, 0.15) is 6.61 Å². The molecule has 1 saturated heterocycles. The number of nitrogens with two attached hydrogens (primary N) is 1. The van der Waals surface area contributed by atoms with Crippen molar-refractivity contribution < 1.29 is 14.3 Å². The lowest BCUT2D eigenvalue weighted by Crippen LogP contribution is -2.46. The van der Waals surface area contributed by atoms with Crippen molar-refractivity contribution in [2.24, 2.45) is 5.73 Å². The molecule has 1 aliphatic heterocycles. The fourth-order valence-electron chi connectivity index (χ4n) is 3.92. The molecule has 3 N–H and O–H groups in total. The van der Waals surface area contributed by atoms with Crippen molar-refractivity contribution in [3.8, 4) is 0 Å². The molecule has 3 rings (SSSR count). The van der Waals surface area contributed by atoms with E-state index in [1.807, 2.05) is 12.1 Å². The van der Waals surface area contributed by atoms with Crippen LogP contribution >= 0.6 is 0 Å². The molecule has 148 valence electrons. The summed E-state index contributed by atoms with van der Waals surface area (Å²) in [4.78, 5) is 28.4. The van der Waals surface area contributed by atoms with E-state index in [1.54, 1.807) is 4.90 Å². The Hall–Kier alpha value is -1.96. The zero-order valence-corrected chi connectivity index (χ0v) is 16.4. The number of carbonyl (C=O) groups is 2. The molecule has 2 unspecified atom stereocenters. The van der Waals surface area contributed by atoms with E-state index in [2.05, 4.69) is 36.4 Å². The SMILES string of the molecule is COCC(=O)N1CC(N)C(NC(=O)c2ccc(C3(CN(C)C)CC3)cc2)C1. The van der Waals surface area contributed by atoms with Gasteiger partial charge >= 0.3 is 0 Å². The number of nitrogens with one attached hydrogen (secondary N) is 1. The first-order valence-corrected chi connectivity index (χ1v) is 9.43. The number of ether oxygens (including phenoxy) is 1. The molecule has 0 bridgehead atoms. The van der Waals surface area contributed by atoms with Gasteiger partial charge in [0, 0.05) is 43.8 Å². The van der Waals surface area contributed by atoms with Gasteiger partial charge in [0.25, 0.3) is 5.91 Å². The number of benzene rings is 1. The highest BCUT2D eigenvalue weighted by atomic mass is 16.5. The van der Waals surface area contributed by atoms with E-state index in [4.69, 9.17) is 10.5 Å². The molecular weight excluding hydrogens is 344 g/mol. The van der Waals surface area contributed by atoms with Crippen molar-refractivity contribution >= 4 is 11.8 Å². The molecule has 0 aromatic heterocycles. The average molecular weight is 374 g/mol. The number of likely N-dealkylation sites (tertiary alicyclic amines) is 1. The number of carbonyl (C=O) groups excluding carboxylic acids is 2. The Balaban J connectivity index is 1.59. The fraction of sp³-hybridized carbons (Fsp3) is 0.600. The first-order valence-electron chi connectivity index (χ1n) is 9.43. The number of rotatable bonds is 7. The van der Waals surface area contributed by atoms with Gasteiger partial charge in [-0.1, -0.05) is 12.1 Å². The summed E-state index contributed by atoms with van der Waals surface area (Å²) >= 11 is 0. The van der Waals surface area contributed by atoms with Crippen LogP contribution in [0.2, 0.25) is 0 Å². The van der Waals surface area contributed by atoms with Crippen molar-refractivity contribution in [2.45, 2.75) is 30.3 Å². The molecule has 1 aromatic rings. The van der Waals surface area contributed by atoms with Gasteiger partial charge in [-0.05, 0) is 44.6 Å². The molecule has 1 aromatic carbocycles. The number of amides is 2. The lowest BCUT2D eigenvalue weighted by Gasteiger charge is -2.21. The predicted molar refractivity (Wildman–Crippen MR) is 104 cm³/mol. The number of hydrogen-bond acceptors (Lipinski definition) is 5. The molecule has 0 radical (unpaired) electrons. The average Bonchev–Trinajstić information content (AvgIpc) is 3.31. The highest BCUT2D eigenvalue weighted by Gasteiger charge is 2.44. The molecular formula is C20H30N4O3. The minimum absolute atomic E-state index is 0.0313. The van der Waals surface area contributed by atoms with Gasteiger partial charge in [0.15, 0.2) is 0 Å². The summed E-state index contributed by atoms with van der Waals surface area (Å²) in [5, 5.41) is 2.97. The normalized spacial score (nSPS) is 23.5. The van der Waals surface area contributed by atoms with Crippen LogP contribution < -0.4 is 11.1 Å². The van der Waals surface area contributed by atoms with Gasteiger partial charge in [-0.15, -0.1) is 0 Å². The number of methoxy groups -OCH3 is 1. The van der Waals surface area contributed by atoms with Crippen molar-refractivity contribution in [3.05, 3.63) is 35.4 Å². The highest BCUT2D eigenvalue weighted by Crippen LogP contribution is 2.48. The Bertz CT molecular complexity index is 685.